The second kappa shape index (κ2) is 5.13. The van der Waals surface area contributed by atoms with Gasteiger partial charge in [-0.1, -0.05) is 0 Å². The van der Waals surface area contributed by atoms with Gasteiger partial charge >= 0.3 is 0 Å². The van der Waals surface area contributed by atoms with E-state index in [1.54, 1.807) is 0 Å². The van der Waals surface area contributed by atoms with E-state index in [4.69, 9.17) is 5.73 Å². The monoisotopic (exact) mass is 274 g/mol. The number of nitrogens with two attached hydrogens (primary N) is 1. The fourth-order valence-electron chi connectivity index (χ4n) is 3.57. The topological polar surface area (TPSA) is 72.1 Å². The minimum Gasteiger partial charge on any atom is -0.338 e. The zero-order valence-corrected chi connectivity index (χ0v) is 12.2. The van der Waals surface area contributed by atoms with Crippen LogP contribution in [0.25, 0.3) is 0 Å². The number of hydrogen-bond acceptors (Lipinski definition) is 4. The summed E-state index contributed by atoms with van der Waals surface area (Å²) in [6, 6.07) is 2.16. The second-order valence-electron chi connectivity index (χ2n) is 6.29. The summed E-state index contributed by atoms with van der Waals surface area (Å²) in [7, 11) is 0. The van der Waals surface area contributed by atoms with Crippen molar-refractivity contribution in [3.8, 4) is 0 Å². The van der Waals surface area contributed by atoms with Crippen LogP contribution in [0.1, 0.15) is 41.0 Å². The Hall–Kier alpha value is -1.49. The van der Waals surface area contributed by atoms with Crippen LogP contribution in [0.15, 0.2) is 6.07 Å². The van der Waals surface area contributed by atoms with E-state index in [0.29, 0.717) is 29.1 Å². The molecule has 0 spiro atoms. The lowest BCUT2D eigenvalue weighted by molar-refractivity contribution is 0.0782. The molecule has 0 radical (unpaired) electrons. The number of nitrogens with zero attached hydrogens (tertiary/aromatic N) is 3. The summed E-state index contributed by atoms with van der Waals surface area (Å²) in [5, 5.41) is 8.05. The van der Waals surface area contributed by atoms with Crippen molar-refractivity contribution in [1.82, 2.24) is 15.1 Å². The maximum absolute atomic E-state index is 12.7. The highest BCUT2D eigenvalue weighted by molar-refractivity contribution is 5.95. The number of fused-ring (bicyclic) bond motifs is 1. The number of aromatic nitrogens is 2. The molecule has 3 rings (SSSR count). The van der Waals surface area contributed by atoms with Gasteiger partial charge in [-0.15, -0.1) is 0 Å². The van der Waals surface area contributed by atoms with Gasteiger partial charge in [0, 0.05) is 19.1 Å². The molecular weight excluding hydrogens is 252 g/mol. The van der Waals surface area contributed by atoms with Crippen molar-refractivity contribution in [3.05, 3.63) is 23.0 Å². The van der Waals surface area contributed by atoms with Crippen molar-refractivity contribution in [3.63, 3.8) is 0 Å². The Morgan fingerprint density at radius 1 is 1.25 bits per heavy atom. The van der Waals surface area contributed by atoms with Crippen LogP contribution in [-0.2, 0) is 0 Å². The standard InChI is InChI=1S/C15H22N4O/c1-9-5-14(10(2)18-17-9)15(20)19-7-11-3-4-13(16)6-12(11)8-19/h5,11-13H,3-4,6-8,16H2,1-2H3/t11-,12+,13?/m1/s1. The minimum atomic E-state index is 0.100. The molecule has 2 heterocycles. The lowest BCUT2D eigenvalue weighted by atomic mass is 9.79. The first-order valence-electron chi connectivity index (χ1n) is 7.40. The van der Waals surface area contributed by atoms with Gasteiger partial charge in [-0.25, -0.2) is 0 Å². The molecule has 2 N–H and O–H groups in total. The van der Waals surface area contributed by atoms with Crippen molar-refractivity contribution in [2.24, 2.45) is 17.6 Å². The van der Waals surface area contributed by atoms with Crippen molar-refractivity contribution < 1.29 is 4.79 Å². The lowest BCUT2D eigenvalue weighted by Crippen LogP contribution is -2.32. The fraction of sp³-hybridized carbons (Fsp3) is 0.667. The first-order chi connectivity index (χ1) is 9.54. The SMILES string of the molecule is Cc1cc(C(=O)N2C[C@H]3CCC(N)C[C@H]3C2)c(C)nn1. The highest BCUT2D eigenvalue weighted by Crippen LogP contribution is 2.36. The summed E-state index contributed by atoms with van der Waals surface area (Å²) in [5.41, 5.74) is 8.24. The highest BCUT2D eigenvalue weighted by Gasteiger charge is 2.39. The molecule has 5 nitrogen and oxygen atoms in total. The number of hydrogen-bond donors (Lipinski definition) is 1. The summed E-state index contributed by atoms with van der Waals surface area (Å²) in [6.45, 7) is 5.43. The molecule has 2 aliphatic rings. The minimum absolute atomic E-state index is 0.100. The Morgan fingerprint density at radius 3 is 2.80 bits per heavy atom. The van der Waals surface area contributed by atoms with Gasteiger partial charge in [-0.2, -0.15) is 10.2 Å². The number of likely N-dealkylation sites (tertiary alicyclic amines) is 1. The van der Waals surface area contributed by atoms with E-state index in [-0.39, 0.29) is 5.91 Å². The predicted octanol–water partition coefficient (Wildman–Crippen LogP) is 1.29. The smallest absolute Gasteiger partial charge is 0.255 e. The van der Waals surface area contributed by atoms with E-state index in [1.165, 1.54) is 0 Å². The van der Waals surface area contributed by atoms with Gasteiger partial charge in [0.2, 0.25) is 0 Å². The summed E-state index contributed by atoms with van der Waals surface area (Å²) in [4.78, 5) is 14.7. The third kappa shape index (κ3) is 2.42. The molecule has 1 aromatic rings. The molecule has 1 aromatic heterocycles. The Morgan fingerprint density at radius 2 is 2.00 bits per heavy atom. The summed E-state index contributed by atoms with van der Waals surface area (Å²) in [5.74, 6) is 1.32. The molecule has 1 aliphatic carbocycles. The highest BCUT2D eigenvalue weighted by atomic mass is 16.2. The molecule has 1 amide bonds. The first kappa shape index (κ1) is 13.5. The van der Waals surface area contributed by atoms with Gasteiger partial charge < -0.3 is 10.6 Å². The molecule has 1 unspecified atom stereocenters. The number of amides is 1. The van der Waals surface area contributed by atoms with Crippen LogP contribution in [0.2, 0.25) is 0 Å². The van der Waals surface area contributed by atoms with Crippen LogP contribution in [0, 0.1) is 25.7 Å². The van der Waals surface area contributed by atoms with E-state index in [1.807, 2.05) is 24.8 Å². The van der Waals surface area contributed by atoms with E-state index in [2.05, 4.69) is 10.2 Å². The molecule has 1 aliphatic heterocycles. The van der Waals surface area contributed by atoms with Gasteiger partial charge in [0.25, 0.3) is 5.91 Å². The first-order valence-corrected chi connectivity index (χ1v) is 7.40. The summed E-state index contributed by atoms with van der Waals surface area (Å²) in [6.07, 6.45) is 3.31. The van der Waals surface area contributed by atoms with E-state index in [0.717, 1.165) is 38.0 Å². The van der Waals surface area contributed by atoms with Crippen molar-refractivity contribution in [2.45, 2.75) is 39.2 Å². The van der Waals surface area contributed by atoms with Gasteiger partial charge in [0.15, 0.2) is 0 Å². The molecule has 2 fully saturated rings. The van der Waals surface area contributed by atoms with E-state index in [9.17, 15) is 4.79 Å². The molecule has 0 bridgehead atoms. The lowest BCUT2D eigenvalue weighted by Gasteiger charge is -2.27. The Labute approximate surface area is 119 Å². The molecule has 5 heteroatoms. The Balaban J connectivity index is 1.77. The van der Waals surface area contributed by atoms with Crippen LogP contribution < -0.4 is 5.73 Å². The summed E-state index contributed by atoms with van der Waals surface area (Å²) < 4.78 is 0. The largest absolute Gasteiger partial charge is 0.338 e. The normalized spacial score (nSPS) is 29.4. The molecule has 0 aromatic carbocycles. The van der Waals surface area contributed by atoms with Crippen LogP contribution in [0.5, 0.6) is 0 Å². The quantitative estimate of drug-likeness (QED) is 0.837. The van der Waals surface area contributed by atoms with Crippen molar-refractivity contribution >= 4 is 5.91 Å². The van der Waals surface area contributed by atoms with Crippen LogP contribution in [-0.4, -0.2) is 40.1 Å². The van der Waals surface area contributed by atoms with Gasteiger partial charge in [0.05, 0.1) is 17.0 Å². The maximum atomic E-state index is 12.7. The average molecular weight is 274 g/mol. The van der Waals surface area contributed by atoms with Crippen LogP contribution in [0.4, 0.5) is 0 Å². The zero-order chi connectivity index (χ0) is 14.3. The summed E-state index contributed by atoms with van der Waals surface area (Å²) >= 11 is 0. The van der Waals surface area contributed by atoms with Gasteiger partial charge in [-0.3, -0.25) is 4.79 Å². The molecular formula is C15H22N4O. The number of rotatable bonds is 1. The average Bonchev–Trinajstić information content (AvgIpc) is 2.83. The van der Waals surface area contributed by atoms with E-state index >= 15 is 0 Å². The molecule has 1 saturated heterocycles. The van der Waals surface area contributed by atoms with Gasteiger partial charge in [-0.05, 0) is 51.0 Å². The molecule has 108 valence electrons. The molecule has 1 saturated carbocycles. The second-order valence-corrected chi connectivity index (χ2v) is 6.29. The third-order valence-electron chi connectivity index (χ3n) is 4.71. The molecule has 3 atom stereocenters. The third-order valence-corrected chi connectivity index (χ3v) is 4.71. The van der Waals surface area contributed by atoms with Gasteiger partial charge in [0.1, 0.15) is 0 Å². The fourth-order valence-corrected chi connectivity index (χ4v) is 3.57. The predicted molar refractivity (Wildman–Crippen MR) is 76.2 cm³/mol. The van der Waals surface area contributed by atoms with E-state index < -0.39 is 0 Å². The Kier molecular flexibility index (Phi) is 3.46. The van der Waals surface area contributed by atoms with Crippen molar-refractivity contribution in [2.75, 3.05) is 13.1 Å². The number of carbonyl (C=O) groups excluding carboxylic acids is 1. The number of aryl methyl sites for hydroxylation is 2. The zero-order valence-electron chi connectivity index (χ0n) is 12.2. The van der Waals surface area contributed by atoms with Crippen LogP contribution in [0.3, 0.4) is 0 Å². The van der Waals surface area contributed by atoms with Crippen molar-refractivity contribution in [1.29, 1.82) is 0 Å². The Bertz CT molecular complexity index is 531. The maximum Gasteiger partial charge on any atom is 0.255 e. The number of carbonyl (C=O) groups is 1. The van der Waals surface area contributed by atoms with Crippen LogP contribution >= 0.6 is 0 Å². The molecule has 20 heavy (non-hydrogen) atoms.